The summed E-state index contributed by atoms with van der Waals surface area (Å²) in [5.74, 6) is 0.477. The van der Waals surface area contributed by atoms with Gasteiger partial charge in [0.1, 0.15) is 5.56 Å². The second kappa shape index (κ2) is 7.76. The van der Waals surface area contributed by atoms with Gasteiger partial charge in [0.25, 0.3) is 5.91 Å². The molecule has 2 atom stereocenters. The largest absolute Gasteiger partial charge is 0.480 e. The van der Waals surface area contributed by atoms with Gasteiger partial charge in [-0.15, -0.1) is 0 Å². The van der Waals surface area contributed by atoms with E-state index >= 15 is 0 Å². The summed E-state index contributed by atoms with van der Waals surface area (Å²) in [6, 6.07) is 13.0. The van der Waals surface area contributed by atoms with Crippen LogP contribution < -0.4 is 4.74 Å². The van der Waals surface area contributed by atoms with E-state index in [4.69, 9.17) is 9.47 Å². The van der Waals surface area contributed by atoms with Crippen LogP contribution in [0.15, 0.2) is 36.4 Å². The van der Waals surface area contributed by atoms with Gasteiger partial charge in [0.15, 0.2) is 0 Å². The van der Waals surface area contributed by atoms with Crippen LogP contribution >= 0.6 is 0 Å². The number of aryl methyl sites for hydroxylation is 2. The number of rotatable bonds is 3. The Labute approximate surface area is 171 Å². The molecular formula is C23H27N3O3. The van der Waals surface area contributed by atoms with E-state index < -0.39 is 0 Å². The maximum Gasteiger partial charge on any atom is 0.259 e. The monoisotopic (exact) mass is 393 g/mol. The lowest BCUT2D eigenvalue weighted by atomic mass is 10.00. The molecule has 2 aliphatic heterocycles. The quantitative estimate of drug-likeness (QED) is 0.802. The average Bonchev–Trinajstić information content (AvgIpc) is 3.25. The fourth-order valence-corrected chi connectivity index (χ4v) is 4.92. The Kier molecular flexibility index (Phi) is 4.97. The molecule has 1 aromatic heterocycles. The van der Waals surface area contributed by atoms with Crippen LogP contribution in [0.2, 0.25) is 0 Å². The lowest BCUT2D eigenvalue weighted by Gasteiger charge is -2.48. The molecule has 0 unspecified atom stereocenters. The van der Waals surface area contributed by atoms with Crippen molar-refractivity contribution >= 4 is 5.91 Å². The molecule has 6 nitrogen and oxygen atoms in total. The number of methoxy groups -OCH3 is 1. The Morgan fingerprint density at radius 3 is 2.86 bits per heavy atom. The Morgan fingerprint density at radius 1 is 1.17 bits per heavy atom. The minimum Gasteiger partial charge on any atom is -0.480 e. The number of pyridine rings is 1. The van der Waals surface area contributed by atoms with Crippen LogP contribution in [0.1, 0.15) is 39.6 Å². The number of amides is 1. The summed E-state index contributed by atoms with van der Waals surface area (Å²) in [6.07, 6.45) is 3.07. The van der Waals surface area contributed by atoms with Crippen molar-refractivity contribution in [2.24, 2.45) is 0 Å². The predicted molar refractivity (Wildman–Crippen MR) is 109 cm³/mol. The summed E-state index contributed by atoms with van der Waals surface area (Å²) >= 11 is 0. The van der Waals surface area contributed by atoms with E-state index in [1.165, 1.54) is 11.1 Å². The van der Waals surface area contributed by atoms with Gasteiger partial charge in [-0.25, -0.2) is 4.98 Å². The minimum absolute atomic E-state index is 0.0190. The fourth-order valence-electron chi connectivity index (χ4n) is 4.92. The standard InChI is InChI=1S/C23H27N3O3/c1-28-22-19(12-17-8-5-9-20(17)24-22)23(27)25-10-11-26-18(13-25)14-29-15-21(26)16-6-3-2-4-7-16/h2-4,6-7,12,18,21H,5,8-11,13-15H2,1H3/t18-,21-/m1/s1. The zero-order valence-corrected chi connectivity index (χ0v) is 16.8. The van der Waals surface area contributed by atoms with Crippen LogP contribution in [0.25, 0.3) is 0 Å². The lowest BCUT2D eigenvalue weighted by molar-refractivity contribution is -0.0770. The van der Waals surface area contributed by atoms with Crippen molar-refractivity contribution in [3.8, 4) is 5.88 Å². The smallest absolute Gasteiger partial charge is 0.259 e. The van der Waals surface area contributed by atoms with Gasteiger partial charge in [0.2, 0.25) is 5.88 Å². The molecule has 0 saturated carbocycles. The number of hydrogen-bond acceptors (Lipinski definition) is 5. The van der Waals surface area contributed by atoms with Crippen LogP contribution in [0.4, 0.5) is 0 Å². The normalized spacial score (nSPS) is 24.1. The third kappa shape index (κ3) is 3.40. The number of carbonyl (C=O) groups is 1. The molecule has 0 bridgehead atoms. The van der Waals surface area contributed by atoms with Crippen molar-refractivity contribution in [2.75, 3.05) is 40.0 Å². The first-order valence-corrected chi connectivity index (χ1v) is 10.5. The highest BCUT2D eigenvalue weighted by molar-refractivity contribution is 5.96. The number of aromatic nitrogens is 1. The van der Waals surface area contributed by atoms with E-state index in [1.807, 2.05) is 17.0 Å². The number of carbonyl (C=O) groups excluding carboxylic acids is 1. The molecule has 3 aliphatic rings. The summed E-state index contributed by atoms with van der Waals surface area (Å²) in [7, 11) is 1.60. The Bertz CT molecular complexity index is 902. The van der Waals surface area contributed by atoms with Crippen LogP contribution in [0.5, 0.6) is 5.88 Å². The van der Waals surface area contributed by atoms with E-state index in [9.17, 15) is 4.79 Å². The maximum absolute atomic E-state index is 13.4. The lowest BCUT2D eigenvalue weighted by Crippen LogP contribution is -2.60. The SMILES string of the molecule is COc1nc2c(cc1C(=O)N1CCN3[C@@H](COC[C@@H]3c3ccccc3)C1)CCC2. The Balaban J connectivity index is 1.35. The van der Waals surface area contributed by atoms with E-state index in [0.717, 1.165) is 31.5 Å². The molecule has 6 heteroatoms. The number of fused-ring (bicyclic) bond motifs is 2. The van der Waals surface area contributed by atoms with Crippen LogP contribution in [0, 0.1) is 0 Å². The molecule has 5 rings (SSSR count). The van der Waals surface area contributed by atoms with Crippen molar-refractivity contribution in [3.63, 3.8) is 0 Å². The van der Waals surface area contributed by atoms with E-state index in [0.29, 0.717) is 37.7 Å². The van der Waals surface area contributed by atoms with Crippen LogP contribution in [-0.2, 0) is 17.6 Å². The number of hydrogen-bond donors (Lipinski definition) is 0. The number of piperazine rings is 1. The maximum atomic E-state index is 13.4. The molecule has 1 aliphatic carbocycles. The number of morpholine rings is 1. The first-order valence-electron chi connectivity index (χ1n) is 10.5. The Morgan fingerprint density at radius 2 is 2.03 bits per heavy atom. The summed E-state index contributed by atoms with van der Waals surface area (Å²) in [5, 5.41) is 0. The first kappa shape index (κ1) is 18.6. The molecular weight excluding hydrogens is 366 g/mol. The van der Waals surface area contributed by atoms with Crippen molar-refractivity contribution in [1.29, 1.82) is 0 Å². The second-order valence-electron chi connectivity index (χ2n) is 8.11. The van der Waals surface area contributed by atoms with Crippen LogP contribution in [0.3, 0.4) is 0 Å². The number of benzene rings is 1. The molecule has 29 heavy (non-hydrogen) atoms. The summed E-state index contributed by atoms with van der Waals surface area (Å²) in [5.41, 5.74) is 4.15. The zero-order valence-electron chi connectivity index (χ0n) is 16.8. The van der Waals surface area contributed by atoms with E-state index in [2.05, 4.69) is 34.1 Å². The fraction of sp³-hybridized carbons (Fsp3) is 0.478. The molecule has 2 aromatic rings. The topological polar surface area (TPSA) is 54.9 Å². The highest BCUT2D eigenvalue weighted by Gasteiger charge is 2.38. The van der Waals surface area contributed by atoms with Gasteiger partial charge in [0, 0.05) is 25.3 Å². The predicted octanol–water partition coefficient (Wildman–Crippen LogP) is 2.48. The van der Waals surface area contributed by atoms with Crippen molar-refractivity contribution in [2.45, 2.75) is 31.3 Å². The zero-order chi connectivity index (χ0) is 19.8. The molecule has 2 fully saturated rings. The molecule has 1 amide bonds. The van der Waals surface area contributed by atoms with Crippen molar-refractivity contribution < 1.29 is 14.3 Å². The van der Waals surface area contributed by atoms with Gasteiger partial charge < -0.3 is 14.4 Å². The molecule has 0 spiro atoms. The van der Waals surface area contributed by atoms with E-state index in [1.54, 1.807) is 7.11 Å². The first-order chi connectivity index (χ1) is 14.2. The van der Waals surface area contributed by atoms with Crippen molar-refractivity contribution in [3.05, 3.63) is 58.8 Å². The van der Waals surface area contributed by atoms with Gasteiger partial charge in [0.05, 0.1) is 32.4 Å². The van der Waals surface area contributed by atoms with Gasteiger partial charge in [-0.1, -0.05) is 30.3 Å². The summed E-state index contributed by atoms with van der Waals surface area (Å²) in [6.45, 7) is 3.59. The molecule has 152 valence electrons. The van der Waals surface area contributed by atoms with Gasteiger partial charge >= 0.3 is 0 Å². The minimum atomic E-state index is 0.0190. The third-order valence-corrected chi connectivity index (χ3v) is 6.43. The Hall–Kier alpha value is -2.44. The summed E-state index contributed by atoms with van der Waals surface area (Å²) in [4.78, 5) is 22.4. The highest BCUT2D eigenvalue weighted by Crippen LogP contribution is 2.31. The second-order valence-corrected chi connectivity index (χ2v) is 8.11. The molecule has 3 heterocycles. The third-order valence-electron chi connectivity index (χ3n) is 6.43. The molecule has 1 aromatic carbocycles. The van der Waals surface area contributed by atoms with Crippen molar-refractivity contribution in [1.82, 2.24) is 14.8 Å². The molecule has 0 N–H and O–H groups in total. The van der Waals surface area contributed by atoms with Crippen LogP contribution in [-0.4, -0.2) is 66.7 Å². The number of ether oxygens (including phenoxy) is 2. The number of nitrogens with zero attached hydrogens (tertiary/aromatic N) is 3. The van der Waals surface area contributed by atoms with E-state index in [-0.39, 0.29) is 18.0 Å². The van der Waals surface area contributed by atoms with Gasteiger partial charge in [-0.05, 0) is 36.5 Å². The van der Waals surface area contributed by atoms with Gasteiger partial charge in [-0.2, -0.15) is 0 Å². The molecule has 2 saturated heterocycles. The molecule has 0 radical (unpaired) electrons. The highest BCUT2D eigenvalue weighted by atomic mass is 16.5. The van der Waals surface area contributed by atoms with Gasteiger partial charge in [-0.3, -0.25) is 9.69 Å². The average molecular weight is 393 g/mol. The summed E-state index contributed by atoms with van der Waals surface area (Å²) < 4.78 is 11.4.